The summed E-state index contributed by atoms with van der Waals surface area (Å²) in [7, 11) is 2.24. The third-order valence-electron chi connectivity index (χ3n) is 3.75. The van der Waals surface area contributed by atoms with Gasteiger partial charge >= 0.3 is 0 Å². The van der Waals surface area contributed by atoms with Gasteiger partial charge in [-0.3, -0.25) is 0 Å². The third-order valence-corrected chi connectivity index (χ3v) is 3.75. The summed E-state index contributed by atoms with van der Waals surface area (Å²) in [5.74, 6) is 0. The first-order valence-corrected chi connectivity index (χ1v) is 8.31. The van der Waals surface area contributed by atoms with Gasteiger partial charge in [-0.25, -0.2) is 0 Å². The SMILES string of the molecule is CCCNC(CCN(C)CC(C)(C)C)c1ccccc1C. The monoisotopic (exact) mass is 290 g/mol. The molecule has 0 radical (unpaired) electrons. The summed E-state index contributed by atoms with van der Waals surface area (Å²) < 4.78 is 0. The fourth-order valence-corrected chi connectivity index (χ4v) is 2.90. The van der Waals surface area contributed by atoms with Crippen LogP contribution in [0.25, 0.3) is 0 Å². The normalized spacial score (nSPS) is 13.7. The van der Waals surface area contributed by atoms with Gasteiger partial charge in [0.2, 0.25) is 0 Å². The number of nitrogens with zero attached hydrogens (tertiary/aromatic N) is 1. The van der Waals surface area contributed by atoms with Crippen molar-refractivity contribution in [1.82, 2.24) is 10.2 Å². The number of nitrogens with one attached hydrogen (secondary N) is 1. The van der Waals surface area contributed by atoms with Crippen molar-refractivity contribution < 1.29 is 0 Å². The maximum Gasteiger partial charge on any atom is 0.0335 e. The molecule has 0 aliphatic rings. The highest BCUT2D eigenvalue weighted by Gasteiger charge is 2.16. The second-order valence-corrected chi connectivity index (χ2v) is 7.45. The van der Waals surface area contributed by atoms with E-state index >= 15 is 0 Å². The first kappa shape index (κ1) is 18.2. The second kappa shape index (κ2) is 8.55. The summed E-state index contributed by atoms with van der Waals surface area (Å²) >= 11 is 0. The molecule has 0 aromatic heterocycles. The Morgan fingerprint density at radius 1 is 1.19 bits per heavy atom. The molecule has 0 spiro atoms. The smallest absolute Gasteiger partial charge is 0.0335 e. The van der Waals surface area contributed by atoms with Crippen LogP contribution in [-0.2, 0) is 0 Å². The van der Waals surface area contributed by atoms with Crippen LogP contribution < -0.4 is 5.32 Å². The van der Waals surface area contributed by atoms with Gasteiger partial charge in [0.15, 0.2) is 0 Å². The van der Waals surface area contributed by atoms with E-state index in [-0.39, 0.29) is 0 Å². The van der Waals surface area contributed by atoms with E-state index in [2.05, 4.69) is 76.1 Å². The Hall–Kier alpha value is -0.860. The zero-order valence-electron chi connectivity index (χ0n) is 14.9. The molecule has 1 aromatic carbocycles. The van der Waals surface area contributed by atoms with Crippen LogP contribution in [-0.4, -0.2) is 31.6 Å². The van der Waals surface area contributed by atoms with E-state index in [4.69, 9.17) is 0 Å². The molecule has 1 unspecified atom stereocenters. The number of rotatable bonds is 8. The van der Waals surface area contributed by atoms with Crippen molar-refractivity contribution in [1.29, 1.82) is 0 Å². The molecule has 0 amide bonds. The lowest BCUT2D eigenvalue weighted by atomic mass is 9.95. The van der Waals surface area contributed by atoms with Crippen LogP contribution in [0, 0.1) is 12.3 Å². The highest BCUT2D eigenvalue weighted by molar-refractivity contribution is 5.28. The highest BCUT2D eigenvalue weighted by atomic mass is 15.1. The third kappa shape index (κ3) is 7.10. The van der Waals surface area contributed by atoms with Crippen molar-refractivity contribution in [2.45, 2.75) is 53.5 Å². The topological polar surface area (TPSA) is 15.3 Å². The molecular weight excluding hydrogens is 256 g/mol. The predicted octanol–water partition coefficient (Wildman–Crippen LogP) is 4.40. The van der Waals surface area contributed by atoms with Crippen molar-refractivity contribution in [2.75, 3.05) is 26.7 Å². The quantitative estimate of drug-likeness (QED) is 0.763. The van der Waals surface area contributed by atoms with E-state index < -0.39 is 0 Å². The standard InChI is InChI=1S/C19H34N2/c1-7-13-20-18(17-11-9-8-10-16(17)2)12-14-21(6)15-19(3,4)5/h8-11,18,20H,7,12-15H2,1-6H3. The van der Waals surface area contributed by atoms with Crippen LogP contribution in [0.2, 0.25) is 0 Å². The molecule has 21 heavy (non-hydrogen) atoms. The van der Waals surface area contributed by atoms with Crippen molar-refractivity contribution >= 4 is 0 Å². The summed E-state index contributed by atoms with van der Waals surface area (Å²) in [6.07, 6.45) is 2.34. The average molecular weight is 290 g/mol. The first-order valence-electron chi connectivity index (χ1n) is 8.31. The van der Waals surface area contributed by atoms with Gasteiger partial charge in [-0.15, -0.1) is 0 Å². The van der Waals surface area contributed by atoms with E-state index in [1.807, 2.05) is 0 Å². The molecule has 2 nitrogen and oxygen atoms in total. The highest BCUT2D eigenvalue weighted by Crippen LogP contribution is 2.22. The van der Waals surface area contributed by atoms with E-state index in [1.54, 1.807) is 0 Å². The molecule has 1 N–H and O–H groups in total. The molecule has 1 rings (SSSR count). The lowest BCUT2D eigenvalue weighted by molar-refractivity contribution is 0.217. The van der Waals surface area contributed by atoms with Crippen LogP contribution in [0.5, 0.6) is 0 Å². The number of hydrogen-bond acceptors (Lipinski definition) is 2. The Balaban J connectivity index is 2.65. The zero-order valence-corrected chi connectivity index (χ0v) is 14.9. The summed E-state index contributed by atoms with van der Waals surface area (Å²) in [6, 6.07) is 9.23. The van der Waals surface area contributed by atoms with Crippen molar-refractivity contribution in [3.05, 3.63) is 35.4 Å². The van der Waals surface area contributed by atoms with Gasteiger partial charge in [-0.1, -0.05) is 52.0 Å². The Bertz CT molecular complexity index is 406. The van der Waals surface area contributed by atoms with Gasteiger partial charge in [0, 0.05) is 12.6 Å². The maximum atomic E-state index is 3.72. The molecule has 0 saturated carbocycles. The van der Waals surface area contributed by atoms with Crippen LogP contribution in [0.15, 0.2) is 24.3 Å². The van der Waals surface area contributed by atoms with Crippen LogP contribution >= 0.6 is 0 Å². The summed E-state index contributed by atoms with van der Waals surface area (Å²) in [6.45, 7) is 14.7. The lowest BCUT2D eigenvalue weighted by Crippen LogP contribution is -2.33. The van der Waals surface area contributed by atoms with E-state index in [1.165, 1.54) is 17.5 Å². The molecule has 1 aromatic rings. The molecule has 0 fully saturated rings. The minimum Gasteiger partial charge on any atom is -0.310 e. The van der Waals surface area contributed by atoms with E-state index in [9.17, 15) is 0 Å². The molecule has 0 heterocycles. The first-order chi connectivity index (χ1) is 9.83. The van der Waals surface area contributed by atoms with Crippen LogP contribution in [0.3, 0.4) is 0 Å². The van der Waals surface area contributed by atoms with Gasteiger partial charge in [-0.2, -0.15) is 0 Å². The molecule has 120 valence electrons. The fraction of sp³-hybridized carbons (Fsp3) is 0.684. The number of benzene rings is 1. The minimum atomic E-state index is 0.365. The van der Waals surface area contributed by atoms with E-state index in [0.717, 1.165) is 26.1 Å². The summed E-state index contributed by atoms with van der Waals surface area (Å²) in [5.41, 5.74) is 3.21. The Morgan fingerprint density at radius 2 is 1.86 bits per heavy atom. The van der Waals surface area contributed by atoms with Crippen LogP contribution in [0.1, 0.15) is 57.7 Å². The van der Waals surface area contributed by atoms with Crippen LogP contribution in [0.4, 0.5) is 0 Å². The molecule has 0 aliphatic carbocycles. The molecule has 0 bridgehead atoms. The molecule has 0 saturated heterocycles. The molecular formula is C19H34N2. The number of hydrogen-bond donors (Lipinski definition) is 1. The molecule has 1 atom stereocenters. The van der Waals surface area contributed by atoms with Gasteiger partial charge in [0.25, 0.3) is 0 Å². The maximum absolute atomic E-state index is 3.72. The second-order valence-electron chi connectivity index (χ2n) is 7.45. The average Bonchev–Trinajstić information content (AvgIpc) is 2.38. The Morgan fingerprint density at radius 3 is 2.43 bits per heavy atom. The largest absolute Gasteiger partial charge is 0.310 e. The van der Waals surface area contributed by atoms with Crippen molar-refractivity contribution in [3.63, 3.8) is 0 Å². The number of aryl methyl sites for hydroxylation is 1. The summed E-state index contributed by atoms with van der Waals surface area (Å²) in [4.78, 5) is 2.46. The van der Waals surface area contributed by atoms with Crippen molar-refractivity contribution in [3.8, 4) is 0 Å². The zero-order chi connectivity index (χ0) is 15.9. The molecule has 0 aliphatic heterocycles. The van der Waals surface area contributed by atoms with Gasteiger partial charge < -0.3 is 10.2 Å². The van der Waals surface area contributed by atoms with E-state index in [0.29, 0.717) is 11.5 Å². The predicted molar refractivity (Wildman–Crippen MR) is 93.8 cm³/mol. The molecule has 2 heteroatoms. The summed E-state index contributed by atoms with van der Waals surface area (Å²) in [5, 5.41) is 3.72. The van der Waals surface area contributed by atoms with Crippen molar-refractivity contribution in [2.24, 2.45) is 5.41 Å². The van der Waals surface area contributed by atoms with Gasteiger partial charge in [0.1, 0.15) is 0 Å². The Kier molecular flexibility index (Phi) is 7.41. The lowest BCUT2D eigenvalue weighted by Gasteiger charge is -2.29. The Labute approximate surface area is 131 Å². The fourth-order valence-electron chi connectivity index (χ4n) is 2.90. The van der Waals surface area contributed by atoms with Gasteiger partial charge in [0.05, 0.1) is 0 Å². The van der Waals surface area contributed by atoms with Gasteiger partial charge in [-0.05, 0) is 56.4 Å². The minimum absolute atomic E-state index is 0.365.